The predicted octanol–water partition coefficient (Wildman–Crippen LogP) is 3.12. The van der Waals surface area contributed by atoms with Crippen molar-refractivity contribution in [3.63, 3.8) is 0 Å². The first-order chi connectivity index (χ1) is 9.13. The maximum absolute atomic E-state index is 3.60. The molecule has 2 nitrogen and oxygen atoms in total. The minimum Gasteiger partial charge on any atom is -0.313 e. The molecule has 1 aliphatic heterocycles. The van der Waals surface area contributed by atoms with E-state index in [4.69, 9.17) is 0 Å². The Morgan fingerprint density at radius 3 is 2.37 bits per heavy atom. The second-order valence-corrected chi connectivity index (χ2v) is 6.21. The molecule has 0 spiro atoms. The first kappa shape index (κ1) is 14.5. The molecular weight excluding hydrogens is 232 g/mol. The van der Waals surface area contributed by atoms with Gasteiger partial charge in [-0.3, -0.25) is 0 Å². The van der Waals surface area contributed by atoms with Crippen LogP contribution in [0.1, 0.15) is 36.0 Å². The molecule has 0 saturated carbocycles. The van der Waals surface area contributed by atoms with Crippen LogP contribution in [0, 0.1) is 19.8 Å². The Bertz CT molecular complexity index is 372. The summed E-state index contributed by atoms with van der Waals surface area (Å²) in [6.07, 6.45) is 4.09. The van der Waals surface area contributed by atoms with E-state index in [9.17, 15) is 0 Å². The predicted molar refractivity (Wildman–Crippen MR) is 82.5 cm³/mol. The first-order valence-electron chi connectivity index (χ1n) is 7.60. The third-order valence-corrected chi connectivity index (χ3v) is 4.18. The lowest BCUT2D eigenvalue weighted by atomic mass is 9.94. The molecule has 1 aliphatic rings. The van der Waals surface area contributed by atoms with Gasteiger partial charge in [0.05, 0.1) is 0 Å². The lowest BCUT2D eigenvalue weighted by Gasteiger charge is -2.28. The third-order valence-electron chi connectivity index (χ3n) is 4.18. The molecule has 2 rings (SSSR count). The molecule has 0 unspecified atom stereocenters. The Labute approximate surface area is 118 Å². The van der Waals surface area contributed by atoms with Crippen molar-refractivity contribution in [2.75, 3.05) is 26.7 Å². The van der Waals surface area contributed by atoms with Crippen LogP contribution in [-0.4, -0.2) is 31.6 Å². The number of benzene rings is 1. The van der Waals surface area contributed by atoms with Gasteiger partial charge in [-0.2, -0.15) is 0 Å². The van der Waals surface area contributed by atoms with Gasteiger partial charge in [0.25, 0.3) is 0 Å². The topological polar surface area (TPSA) is 15.3 Å². The zero-order valence-electron chi connectivity index (χ0n) is 12.7. The third kappa shape index (κ3) is 4.96. The maximum Gasteiger partial charge on any atom is 0.0205 e. The molecule has 0 aliphatic carbocycles. The normalized spacial score (nSPS) is 17.8. The highest BCUT2D eigenvalue weighted by molar-refractivity contribution is 5.28. The largest absolute Gasteiger partial charge is 0.313 e. The van der Waals surface area contributed by atoms with Crippen molar-refractivity contribution in [1.82, 2.24) is 10.2 Å². The molecule has 0 atom stereocenters. The number of hydrogen-bond acceptors (Lipinski definition) is 2. The van der Waals surface area contributed by atoms with E-state index in [1.165, 1.54) is 49.0 Å². The van der Waals surface area contributed by atoms with Gasteiger partial charge in [-0.15, -0.1) is 0 Å². The highest BCUT2D eigenvalue weighted by Crippen LogP contribution is 2.18. The van der Waals surface area contributed by atoms with Gasteiger partial charge in [0, 0.05) is 6.54 Å². The van der Waals surface area contributed by atoms with Gasteiger partial charge < -0.3 is 10.2 Å². The van der Waals surface area contributed by atoms with E-state index in [2.05, 4.69) is 49.3 Å². The number of rotatable bonds is 5. The monoisotopic (exact) mass is 260 g/mol. The van der Waals surface area contributed by atoms with Crippen LogP contribution in [0.15, 0.2) is 18.2 Å². The number of aryl methyl sites for hydroxylation is 2. The molecule has 1 saturated heterocycles. The molecule has 0 bridgehead atoms. The second-order valence-electron chi connectivity index (χ2n) is 6.21. The van der Waals surface area contributed by atoms with E-state index in [0.29, 0.717) is 0 Å². The summed E-state index contributed by atoms with van der Waals surface area (Å²) in [6.45, 7) is 9.07. The molecule has 19 heavy (non-hydrogen) atoms. The summed E-state index contributed by atoms with van der Waals surface area (Å²) in [4.78, 5) is 2.44. The van der Waals surface area contributed by atoms with Crippen LogP contribution in [0.25, 0.3) is 0 Å². The summed E-state index contributed by atoms with van der Waals surface area (Å²) in [5, 5.41) is 3.60. The molecular formula is C17H28N2. The van der Waals surface area contributed by atoms with Gasteiger partial charge in [0.1, 0.15) is 0 Å². The molecule has 2 heteroatoms. The fraction of sp³-hybridized carbons (Fsp3) is 0.647. The van der Waals surface area contributed by atoms with Crippen molar-refractivity contribution in [2.45, 2.75) is 39.7 Å². The van der Waals surface area contributed by atoms with Crippen LogP contribution < -0.4 is 5.32 Å². The van der Waals surface area contributed by atoms with E-state index in [1.54, 1.807) is 0 Å². The smallest absolute Gasteiger partial charge is 0.0205 e. The average Bonchev–Trinajstić information content (AvgIpc) is 2.36. The highest BCUT2D eigenvalue weighted by atomic mass is 15.1. The van der Waals surface area contributed by atoms with E-state index in [-0.39, 0.29) is 0 Å². The maximum atomic E-state index is 3.60. The van der Waals surface area contributed by atoms with Crippen molar-refractivity contribution in [3.8, 4) is 0 Å². The van der Waals surface area contributed by atoms with Gasteiger partial charge in [-0.05, 0) is 71.3 Å². The van der Waals surface area contributed by atoms with Crippen LogP contribution >= 0.6 is 0 Å². The van der Waals surface area contributed by atoms with Gasteiger partial charge in [-0.25, -0.2) is 0 Å². The van der Waals surface area contributed by atoms with E-state index < -0.39 is 0 Å². The summed E-state index contributed by atoms with van der Waals surface area (Å²) in [5.74, 6) is 0.933. The second kappa shape index (κ2) is 7.06. The Kier molecular flexibility index (Phi) is 5.41. The standard InChI is InChI=1S/C17H28N2/c1-14-10-15(2)12-17(11-14)13-18-7-4-16-5-8-19(3)9-6-16/h10-12,16,18H,4-9,13H2,1-3H3. The van der Waals surface area contributed by atoms with Gasteiger partial charge >= 0.3 is 0 Å². The molecule has 1 N–H and O–H groups in total. The Balaban J connectivity index is 1.66. The van der Waals surface area contributed by atoms with Gasteiger partial charge in [-0.1, -0.05) is 29.3 Å². The summed E-state index contributed by atoms with van der Waals surface area (Å²) >= 11 is 0. The van der Waals surface area contributed by atoms with E-state index >= 15 is 0 Å². The van der Waals surface area contributed by atoms with E-state index in [1.807, 2.05) is 0 Å². The molecule has 0 amide bonds. The van der Waals surface area contributed by atoms with Crippen LogP contribution in [0.4, 0.5) is 0 Å². The summed E-state index contributed by atoms with van der Waals surface area (Å²) in [6, 6.07) is 6.81. The Morgan fingerprint density at radius 2 is 1.74 bits per heavy atom. The van der Waals surface area contributed by atoms with Crippen LogP contribution in [0.3, 0.4) is 0 Å². The number of nitrogens with one attached hydrogen (secondary N) is 1. The molecule has 1 heterocycles. The zero-order chi connectivity index (χ0) is 13.7. The molecule has 0 aromatic heterocycles. The van der Waals surface area contributed by atoms with Crippen molar-refractivity contribution in [1.29, 1.82) is 0 Å². The van der Waals surface area contributed by atoms with Crippen molar-refractivity contribution in [3.05, 3.63) is 34.9 Å². The highest BCUT2D eigenvalue weighted by Gasteiger charge is 2.15. The molecule has 1 aromatic carbocycles. The van der Waals surface area contributed by atoms with E-state index in [0.717, 1.165) is 19.0 Å². The SMILES string of the molecule is Cc1cc(C)cc(CNCCC2CCN(C)CC2)c1. The molecule has 1 fully saturated rings. The molecule has 106 valence electrons. The fourth-order valence-electron chi connectivity index (χ4n) is 3.06. The Morgan fingerprint density at radius 1 is 1.11 bits per heavy atom. The molecule has 0 radical (unpaired) electrons. The molecule has 1 aromatic rings. The fourth-order valence-corrected chi connectivity index (χ4v) is 3.06. The van der Waals surface area contributed by atoms with Gasteiger partial charge in [0.2, 0.25) is 0 Å². The number of likely N-dealkylation sites (tertiary alicyclic amines) is 1. The summed E-state index contributed by atoms with van der Waals surface area (Å²) < 4.78 is 0. The van der Waals surface area contributed by atoms with Crippen molar-refractivity contribution < 1.29 is 0 Å². The summed E-state index contributed by atoms with van der Waals surface area (Å²) in [5.41, 5.74) is 4.15. The van der Waals surface area contributed by atoms with Crippen LogP contribution in [0.5, 0.6) is 0 Å². The van der Waals surface area contributed by atoms with Crippen molar-refractivity contribution >= 4 is 0 Å². The minimum absolute atomic E-state index is 0.933. The number of nitrogens with zero attached hydrogens (tertiary/aromatic N) is 1. The lowest BCUT2D eigenvalue weighted by Crippen LogP contribution is -2.31. The lowest BCUT2D eigenvalue weighted by molar-refractivity contribution is 0.211. The van der Waals surface area contributed by atoms with Gasteiger partial charge in [0.15, 0.2) is 0 Å². The Hall–Kier alpha value is -0.860. The van der Waals surface area contributed by atoms with Crippen LogP contribution in [-0.2, 0) is 6.54 Å². The average molecular weight is 260 g/mol. The number of hydrogen-bond donors (Lipinski definition) is 1. The minimum atomic E-state index is 0.933. The number of piperidine rings is 1. The van der Waals surface area contributed by atoms with Crippen LogP contribution in [0.2, 0.25) is 0 Å². The first-order valence-corrected chi connectivity index (χ1v) is 7.60. The quantitative estimate of drug-likeness (QED) is 0.818. The van der Waals surface area contributed by atoms with Crippen molar-refractivity contribution in [2.24, 2.45) is 5.92 Å². The zero-order valence-corrected chi connectivity index (χ0v) is 12.7. The summed E-state index contributed by atoms with van der Waals surface area (Å²) in [7, 11) is 2.23.